The van der Waals surface area contributed by atoms with Crippen LogP contribution in [0.2, 0.25) is 0 Å². The summed E-state index contributed by atoms with van der Waals surface area (Å²) in [6.07, 6.45) is 5.60. The Balaban J connectivity index is 1.98. The smallest absolute Gasteiger partial charge is 0.166 e. The summed E-state index contributed by atoms with van der Waals surface area (Å²) < 4.78 is 0. The van der Waals surface area contributed by atoms with Gasteiger partial charge in [-0.1, -0.05) is 12.8 Å². The van der Waals surface area contributed by atoms with E-state index >= 15 is 0 Å². The van der Waals surface area contributed by atoms with E-state index in [0.29, 0.717) is 5.11 Å². The van der Waals surface area contributed by atoms with Crippen molar-refractivity contribution in [3.63, 3.8) is 0 Å². The third kappa shape index (κ3) is 1.42. The Bertz CT molecular complexity index is 179. The van der Waals surface area contributed by atoms with E-state index in [2.05, 4.69) is 4.90 Å². The molecule has 68 valence electrons. The Morgan fingerprint density at radius 2 is 1.67 bits per heavy atom. The normalized spacial score (nSPS) is 34.8. The first-order valence-electron chi connectivity index (χ1n) is 4.82. The van der Waals surface area contributed by atoms with E-state index in [9.17, 15) is 0 Å². The van der Waals surface area contributed by atoms with Gasteiger partial charge in [-0.25, -0.2) is 0 Å². The van der Waals surface area contributed by atoms with Crippen molar-refractivity contribution in [1.82, 2.24) is 4.90 Å². The Labute approximate surface area is 79.1 Å². The summed E-state index contributed by atoms with van der Waals surface area (Å²) in [5.74, 6) is 1.78. The number of nitrogens with two attached hydrogens (primary N) is 1. The second-order valence-corrected chi connectivity index (χ2v) is 4.47. The highest BCUT2D eigenvalue weighted by atomic mass is 32.1. The van der Waals surface area contributed by atoms with Crippen LogP contribution < -0.4 is 5.73 Å². The molecule has 0 aromatic heterocycles. The molecule has 0 aromatic carbocycles. The third-order valence-corrected chi connectivity index (χ3v) is 3.55. The van der Waals surface area contributed by atoms with E-state index in [1.807, 2.05) is 0 Å². The molecule has 0 bridgehead atoms. The lowest BCUT2D eigenvalue weighted by atomic mass is 9.82. The zero-order chi connectivity index (χ0) is 8.55. The molecule has 0 amide bonds. The molecule has 2 fully saturated rings. The molecular formula is C9H16N2S. The number of rotatable bonds is 0. The van der Waals surface area contributed by atoms with Crippen LogP contribution in [0, 0.1) is 11.8 Å². The maximum absolute atomic E-state index is 5.61. The van der Waals surface area contributed by atoms with Crippen LogP contribution in [-0.4, -0.2) is 23.1 Å². The van der Waals surface area contributed by atoms with Gasteiger partial charge in [0.25, 0.3) is 0 Å². The first-order chi connectivity index (χ1) is 5.77. The van der Waals surface area contributed by atoms with Crippen LogP contribution in [0.5, 0.6) is 0 Å². The summed E-state index contributed by atoms with van der Waals surface area (Å²) in [5, 5.41) is 0.601. The average molecular weight is 184 g/mol. The Morgan fingerprint density at radius 1 is 1.17 bits per heavy atom. The van der Waals surface area contributed by atoms with Crippen molar-refractivity contribution in [2.24, 2.45) is 17.6 Å². The van der Waals surface area contributed by atoms with E-state index in [-0.39, 0.29) is 0 Å². The topological polar surface area (TPSA) is 29.3 Å². The lowest BCUT2D eigenvalue weighted by Gasteiger charge is -2.22. The van der Waals surface area contributed by atoms with Gasteiger partial charge < -0.3 is 10.6 Å². The predicted molar refractivity (Wildman–Crippen MR) is 53.8 cm³/mol. The molecule has 1 saturated carbocycles. The van der Waals surface area contributed by atoms with Crippen molar-refractivity contribution in [1.29, 1.82) is 0 Å². The third-order valence-electron chi connectivity index (χ3n) is 3.29. The SMILES string of the molecule is NC(=S)N1CC2CCCCC2C1. The molecule has 2 rings (SSSR count). The van der Waals surface area contributed by atoms with Crippen LogP contribution in [0.15, 0.2) is 0 Å². The maximum atomic E-state index is 5.61. The number of fused-ring (bicyclic) bond motifs is 1. The van der Waals surface area contributed by atoms with Crippen molar-refractivity contribution in [3.8, 4) is 0 Å². The maximum Gasteiger partial charge on any atom is 0.166 e. The van der Waals surface area contributed by atoms with Gasteiger partial charge in [-0.3, -0.25) is 0 Å². The lowest BCUT2D eigenvalue weighted by molar-refractivity contribution is 0.299. The molecular weight excluding hydrogens is 168 g/mol. The molecule has 1 heterocycles. The summed E-state index contributed by atoms with van der Waals surface area (Å²) in [7, 11) is 0. The van der Waals surface area contributed by atoms with Gasteiger partial charge in [0.1, 0.15) is 0 Å². The van der Waals surface area contributed by atoms with Crippen molar-refractivity contribution in [2.45, 2.75) is 25.7 Å². The zero-order valence-electron chi connectivity index (χ0n) is 7.33. The van der Waals surface area contributed by atoms with Gasteiger partial charge in [0, 0.05) is 13.1 Å². The molecule has 2 N–H and O–H groups in total. The van der Waals surface area contributed by atoms with Gasteiger partial charge in [0.15, 0.2) is 5.11 Å². The number of hydrogen-bond donors (Lipinski definition) is 1. The van der Waals surface area contributed by atoms with E-state index in [1.165, 1.54) is 25.7 Å². The summed E-state index contributed by atoms with van der Waals surface area (Å²) in [6.45, 7) is 2.25. The minimum atomic E-state index is 0.601. The van der Waals surface area contributed by atoms with Gasteiger partial charge in [-0.05, 0) is 36.9 Å². The van der Waals surface area contributed by atoms with Crippen LogP contribution in [-0.2, 0) is 0 Å². The molecule has 12 heavy (non-hydrogen) atoms. The average Bonchev–Trinajstić information content (AvgIpc) is 2.46. The highest BCUT2D eigenvalue weighted by molar-refractivity contribution is 7.80. The fourth-order valence-corrected chi connectivity index (χ4v) is 2.73. The molecule has 2 aliphatic rings. The first-order valence-corrected chi connectivity index (χ1v) is 5.22. The number of thiocarbonyl (C=S) groups is 1. The fraction of sp³-hybridized carbons (Fsp3) is 0.889. The minimum Gasteiger partial charge on any atom is -0.376 e. The molecule has 2 unspecified atom stereocenters. The number of likely N-dealkylation sites (tertiary alicyclic amines) is 1. The molecule has 2 nitrogen and oxygen atoms in total. The summed E-state index contributed by atoms with van der Waals surface area (Å²) in [5.41, 5.74) is 5.61. The molecule has 0 aromatic rings. The van der Waals surface area contributed by atoms with Gasteiger partial charge in [0.05, 0.1) is 0 Å². The van der Waals surface area contributed by atoms with Gasteiger partial charge in [-0.2, -0.15) is 0 Å². The van der Waals surface area contributed by atoms with Crippen LogP contribution >= 0.6 is 12.2 Å². The van der Waals surface area contributed by atoms with E-state index in [4.69, 9.17) is 18.0 Å². The van der Waals surface area contributed by atoms with Gasteiger partial charge >= 0.3 is 0 Å². The van der Waals surface area contributed by atoms with Crippen molar-refractivity contribution in [2.75, 3.05) is 13.1 Å². The van der Waals surface area contributed by atoms with Crippen molar-refractivity contribution in [3.05, 3.63) is 0 Å². The van der Waals surface area contributed by atoms with Crippen molar-refractivity contribution >= 4 is 17.3 Å². The molecule has 3 heteroatoms. The number of hydrogen-bond acceptors (Lipinski definition) is 1. The molecule has 0 spiro atoms. The van der Waals surface area contributed by atoms with Crippen LogP contribution in [0.3, 0.4) is 0 Å². The van der Waals surface area contributed by atoms with Crippen LogP contribution in [0.4, 0.5) is 0 Å². The van der Waals surface area contributed by atoms with E-state index in [0.717, 1.165) is 24.9 Å². The molecule has 1 aliphatic carbocycles. The largest absolute Gasteiger partial charge is 0.376 e. The Kier molecular flexibility index (Phi) is 2.22. The van der Waals surface area contributed by atoms with E-state index < -0.39 is 0 Å². The Hall–Kier alpha value is -0.310. The molecule has 2 atom stereocenters. The first kappa shape index (κ1) is 8.30. The summed E-state index contributed by atoms with van der Waals surface area (Å²) >= 11 is 4.98. The monoisotopic (exact) mass is 184 g/mol. The predicted octanol–water partition coefficient (Wildman–Crippen LogP) is 1.35. The van der Waals surface area contributed by atoms with Crippen LogP contribution in [0.1, 0.15) is 25.7 Å². The Morgan fingerprint density at radius 3 is 2.08 bits per heavy atom. The quantitative estimate of drug-likeness (QED) is 0.576. The second-order valence-electron chi connectivity index (χ2n) is 4.05. The molecule has 1 saturated heterocycles. The second kappa shape index (κ2) is 3.21. The van der Waals surface area contributed by atoms with E-state index in [1.54, 1.807) is 0 Å². The lowest BCUT2D eigenvalue weighted by Crippen LogP contribution is -2.33. The molecule has 1 aliphatic heterocycles. The standard InChI is InChI=1S/C9H16N2S/c10-9(12)11-5-7-3-1-2-4-8(7)6-11/h7-8H,1-6H2,(H2,10,12). The highest BCUT2D eigenvalue weighted by Gasteiger charge is 2.34. The van der Waals surface area contributed by atoms with Crippen LogP contribution in [0.25, 0.3) is 0 Å². The van der Waals surface area contributed by atoms with Gasteiger partial charge in [-0.15, -0.1) is 0 Å². The van der Waals surface area contributed by atoms with Gasteiger partial charge in [0.2, 0.25) is 0 Å². The van der Waals surface area contributed by atoms with Crippen molar-refractivity contribution < 1.29 is 0 Å². The summed E-state index contributed by atoms with van der Waals surface area (Å²) in [6, 6.07) is 0. The highest BCUT2D eigenvalue weighted by Crippen LogP contribution is 2.35. The zero-order valence-corrected chi connectivity index (χ0v) is 8.15. The number of nitrogens with zero attached hydrogens (tertiary/aromatic N) is 1. The fourth-order valence-electron chi connectivity index (χ4n) is 2.59. The molecule has 0 radical (unpaired) electrons. The minimum absolute atomic E-state index is 0.601. The summed E-state index contributed by atoms with van der Waals surface area (Å²) in [4.78, 5) is 2.18.